The topological polar surface area (TPSA) is 71.1 Å². The minimum Gasteiger partial charge on any atom is -0.493 e. The molecular formula is C16H16O6. The number of allylic oxidation sites excluding steroid dienone is 3. The summed E-state index contributed by atoms with van der Waals surface area (Å²) in [6.45, 7) is 0. The number of hydrogen-bond donors (Lipinski definition) is 0. The Bertz CT molecular complexity index is 659. The molecule has 6 nitrogen and oxygen atoms in total. The van der Waals surface area contributed by atoms with E-state index in [4.69, 9.17) is 18.9 Å². The molecule has 2 rings (SSSR count). The maximum absolute atomic E-state index is 12.3. The number of carbonyl (C=O) groups is 2. The van der Waals surface area contributed by atoms with Gasteiger partial charge in [0.1, 0.15) is 0 Å². The van der Waals surface area contributed by atoms with E-state index in [9.17, 15) is 9.59 Å². The highest BCUT2D eigenvalue weighted by atomic mass is 16.5. The fraction of sp³-hybridized carbons (Fsp3) is 0.250. The largest absolute Gasteiger partial charge is 0.493 e. The zero-order valence-corrected chi connectivity index (χ0v) is 12.8. The lowest BCUT2D eigenvalue weighted by atomic mass is 9.94. The van der Waals surface area contributed by atoms with Gasteiger partial charge < -0.3 is 18.9 Å². The van der Waals surface area contributed by atoms with Crippen LogP contribution in [0.15, 0.2) is 30.0 Å². The van der Waals surface area contributed by atoms with Crippen LogP contribution in [0.4, 0.5) is 0 Å². The van der Waals surface area contributed by atoms with Crippen LogP contribution in [0.5, 0.6) is 17.2 Å². The molecule has 0 aromatic heterocycles. The molecule has 1 aromatic carbocycles. The van der Waals surface area contributed by atoms with Gasteiger partial charge in [-0.15, -0.1) is 0 Å². The predicted molar refractivity (Wildman–Crippen MR) is 79.2 cm³/mol. The molecule has 0 aliphatic heterocycles. The van der Waals surface area contributed by atoms with Crippen molar-refractivity contribution in [3.8, 4) is 17.2 Å². The maximum Gasteiger partial charge on any atom is 0.228 e. The highest BCUT2D eigenvalue weighted by Gasteiger charge is 2.26. The summed E-state index contributed by atoms with van der Waals surface area (Å²) in [5.74, 6) is 0.498. The number of ketones is 2. The summed E-state index contributed by atoms with van der Waals surface area (Å²) in [5.41, 5.74) is 0.694. The van der Waals surface area contributed by atoms with Crippen LogP contribution in [-0.4, -0.2) is 40.0 Å². The summed E-state index contributed by atoms with van der Waals surface area (Å²) in [4.78, 5) is 24.1. The van der Waals surface area contributed by atoms with E-state index >= 15 is 0 Å². The molecule has 0 bridgehead atoms. The van der Waals surface area contributed by atoms with E-state index in [1.54, 1.807) is 12.1 Å². The molecule has 0 saturated heterocycles. The number of methoxy groups -OCH3 is 4. The molecule has 0 unspecified atom stereocenters. The molecule has 1 aliphatic rings. The third-order valence-corrected chi connectivity index (χ3v) is 3.22. The minimum atomic E-state index is -0.378. The van der Waals surface area contributed by atoms with Crippen LogP contribution in [0.25, 0.3) is 5.57 Å². The SMILES string of the molecule is COC1=CC(=O)C=C(c2cc(OC)c(OC)c(OC)c2)C1=O. The van der Waals surface area contributed by atoms with Gasteiger partial charge in [-0.2, -0.15) is 0 Å². The molecule has 6 heteroatoms. The number of Topliss-reactive ketones (excluding diaryl/α,β-unsaturated/α-hetero) is 1. The first kappa shape index (κ1) is 15.6. The fourth-order valence-electron chi connectivity index (χ4n) is 2.18. The lowest BCUT2D eigenvalue weighted by molar-refractivity contribution is -0.116. The average Bonchev–Trinajstić information content (AvgIpc) is 2.54. The van der Waals surface area contributed by atoms with E-state index in [1.165, 1.54) is 34.5 Å². The number of rotatable bonds is 5. The summed E-state index contributed by atoms with van der Waals surface area (Å²) in [6.07, 6.45) is 2.41. The Hall–Kier alpha value is -2.76. The molecule has 22 heavy (non-hydrogen) atoms. The van der Waals surface area contributed by atoms with Crippen LogP contribution in [-0.2, 0) is 14.3 Å². The van der Waals surface area contributed by atoms with Gasteiger partial charge in [-0.25, -0.2) is 0 Å². The second-order valence-electron chi connectivity index (χ2n) is 4.42. The molecule has 0 saturated carbocycles. The van der Waals surface area contributed by atoms with Gasteiger partial charge >= 0.3 is 0 Å². The van der Waals surface area contributed by atoms with Crippen molar-refractivity contribution >= 4 is 17.1 Å². The quantitative estimate of drug-likeness (QED) is 0.772. The van der Waals surface area contributed by atoms with E-state index in [0.29, 0.717) is 22.8 Å². The molecular weight excluding hydrogens is 288 g/mol. The average molecular weight is 304 g/mol. The van der Waals surface area contributed by atoms with Crippen LogP contribution in [0.1, 0.15) is 5.56 Å². The molecule has 0 fully saturated rings. The Morgan fingerprint density at radius 1 is 0.773 bits per heavy atom. The monoisotopic (exact) mass is 304 g/mol. The molecule has 0 radical (unpaired) electrons. The van der Waals surface area contributed by atoms with E-state index in [1.807, 2.05) is 0 Å². The molecule has 1 aliphatic carbocycles. The van der Waals surface area contributed by atoms with Gasteiger partial charge in [0.2, 0.25) is 11.5 Å². The normalized spacial score (nSPS) is 14.2. The Balaban J connectivity index is 2.58. The highest BCUT2D eigenvalue weighted by Crippen LogP contribution is 2.40. The fourth-order valence-corrected chi connectivity index (χ4v) is 2.18. The third-order valence-electron chi connectivity index (χ3n) is 3.22. The van der Waals surface area contributed by atoms with Gasteiger partial charge in [-0.05, 0) is 23.8 Å². The van der Waals surface area contributed by atoms with Crippen molar-refractivity contribution in [2.75, 3.05) is 28.4 Å². The first-order valence-electron chi connectivity index (χ1n) is 6.42. The zero-order chi connectivity index (χ0) is 16.3. The minimum absolute atomic E-state index is 0.00347. The van der Waals surface area contributed by atoms with Crippen molar-refractivity contribution in [3.05, 3.63) is 35.6 Å². The summed E-state index contributed by atoms with van der Waals surface area (Å²) < 4.78 is 20.7. The molecule has 116 valence electrons. The predicted octanol–water partition coefficient (Wildman–Crippen LogP) is 1.78. The van der Waals surface area contributed by atoms with Crippen LogP contribution in [0.3, 0.4) is 0 Å². The lowest BCUT2D eigenvalue weighted by Gasteiger charge is -2.17. The van der Waals surface area contributed by atoms with Crippen LogP contribution in [0, 0.1) is 0 Å². The Kier molecular flexibility index (Phi) is 4.50. The highest BCUT2D eigenvalue weighted by molar-refractivity contribution is 6.35. The second-order valence-corrected chi connectivity index (χ2v) is 4.42. The van der Waals surface area contributed by atoms with Crippen LogP contribution >= 0.6 is 0 Å². The van der Waals surface area contributed by atoms with Crippen molar-refractivity contribution in [2.24, 2.45) is 0 Å². The van der Waals surface area contributed by atoms with Crippen LogP contribution in [0.2, 0.25) is 0 Å². The number of ether oxygens (including phenoxy) is 4. The lowest BCUT2D eigenvalue weighted by Crippen LogP contribution is -2.15. The Labute approximate surface area is 127 Å². The van der Waals surface area contributed by atoms with Gasteiger partial charge in [0, 0.05) is 11.6 Å². The summed E-state index contributed by atoms with van der Waals surface area (Å²) in [5, 5.41) is 0. The number of hydrogen-bond acceptors (Lipinski definition) is 6. The van der Waals surface area contributed by atoms with E-state index in [0.717, 1.165) is 6.08 Å². The first-order chi connectivity index (χ1) is 10.5. The van der Waals surface area contributed by atoms with Gasteiger partial charge in [0.05, 0.1) is 28.4 Å². The third kappa shape index (κ3) is 2.67. The van der Waals surface area contributed by atoms with Crippen molar-refractivity contribution in [3.63, 3.8) is 0 Å². The maximum atomic E-state index is 12.3. The molecule has 0 atom stereocenters. The first-order valence-corrected chi connectivity index (χ1v) is 6.42. The van der Waals surface area contributed by atoms with E-state index < -0.39 is 0 Å². The smallest absolute Gasteiger partial charge is 0.228 e. The van der Waals surface area contributed by atoms with Gasteiger partial charge in [-0.3, -0.25) is 9.59 Å². The second kappa shape index (κ2) is 6.34. The van der Waals surface area contributed by atoms with Crippen molar-refractivity contribution in [1.29, 1.82) is 0 Å². The van der Waals surface area contributed by atoms with Crippen molar-refractivity contribution < 1.29 is 28.5 Å². The Morgan fingerprint density at radius 2 is 1.36 bits per heavy atom. The van der Waals surface area contributed by atoms with Gasteiger partial charge in [-0.1, -0.05) is 0 Å². The number of benzene rings is 1. The molecule has 0 N–H and O–H groups in total. The Morgan fingerprint density at radius 3 is 1.82 bits per heavy atom. The van der Waals surface area contributed by atoms with Gasteiger partial charge in [0.15, 0.2) is 23.0 Å². The van der Waals surface area contributed by atoms with Crippen molar-refractivity contribution in [2.45, 2.75) is 0 Å². The summed E-state index contributed by atoms with van der Waals surface area (Å²) in [6, 6.07) is 3.22. The van der Waals surface area contributed by atoms with Gasteiger partial charge in [0.25, 0.3) is 0 Å². The van der Waals surface area contributed by atoms with E-state index in [2.05, 4.69) is 0 Å². The molecule has 0 spiro atoms. The van der Waals surface area contributed by atoms with E-state index in [-0.39, 0.29) is 22.9 Å². The standard InChI is InChI=1S/C16H16O6/c1-19-12-8-10(17)7-11(15(12)18)9-5-13(20-2)16(22-4)14(6-9)21-3/h5-8H,1-4H3. The van der Waals surface area contributed by atoms with Crippen molar-refractivity contribution in [1.82, 2.24) is 0 Å². The molecule has 0 heterocycles. The molecule has 0 amide bonds. The molecule has 1 aromatic rings. The van der Waals surface area contributed by atoms with Crippen LogP contribution < -0.4 is 14.2 Å². The summed E-state index contributed by atoms with van der Waals surface area (Å²) >= 11 is 0. The number of carbonyl (C=O) groups excluding carboxylic acids is 2. The zero-order valence-electron chi connectivity index (χ0n) is 12.8. The summed E-state index contributed by atoms with van der Waals surface area (Å²) in [7, 11) is 5.78.